The molecule has 0 unspecified atom stereocenters. The molecule has 0 atom stereocenters. The van der Waals surface area contributed by atoms with Gasteiger partial charge in [-0.3, -0.25) is 0 Å². The Hall–Kier alpha value is -2.61. The molecular weight excluding hydrogens is 559 g/mol. The molecule has 3 aromatic rings. The smallest absolute Gasteiger partial charge is 0.215 e. The molecule has 0 amide bonds. The molecule has 0 saturated carbocycles. The number of nitrogens with zero attached hydrogens (tertiary/aromatic N) is 1. The van der Waals surface area contributed by atoms with Crippen LogP contribution in [0.15, 0.2) is 91.0 Å². The molecule has 2 N–H and O–H groups in total. The number of benzene rings is 3. The number of hydrogen-bond acceptors (Lipinski definition) is 6. The molecule has 212 valence electrons. The minimum absolute atomic E-state index is 0.0796. The van der Waals surface area contributed by atoms with E-state index in [9.17, 15) is 25.3 Å². The highest BCUT2D eigenvalue weighted by Crippen LogP contribution is 2.13. The van der Waals surface area contributed by atoms with Crippen LogP contribution in [0.1, 0.15) is 29.5 Å². The molecule has 0 fully saturated rings. The second-order valence-electron chi connectivity index (χ2n) is 9.13. The van der Waals surface area contributed by atoms with Gasteiger partial charge in [0, 0.05) is 26.2 Å². The lowest BCUT2D eigenvalue weighted by molar-refractivity contribution is 0.397. The third kappa shape index (κ3) is 11.6. The van der Waals surface area contributed by atoms with Crippen LogP contribution in [-0.4, -0.2) is 55.7 Å². The Bertz CT molecular complexity index is 1390. The molecule has 0 bridgehead atoms. The van der Waals surface area contributed by atoms with Crippen molar-refractivity contribution < 1.29 is 25.3 Å². The third-order valence-electron chi connectivity index (χ3n) is 5.80. The SMILES string of the molecule is O=S(=O)(Cc1ccccc1)NCCCN(CCCNS(=O)(=O)Cc1ccccc1)S(=O)(=O)Cc1ccccc1. The quantitative estimate of drug-likeness (QED) is 0.232. The molecule has 12 heteroatoms. The van der Waals surface area contributed by atoms with Crippen molar-refractivity contribution in [3.8, 4) is 0 Å². The summed E-state index contributed by atoms with van der Waals surface area (Å²) in [6, 6.07) is 26.4. The van der Waals surface area contributed by atoms with Crippen LogP contribution in [0.3, 0.4) is 0 Å². The van der Waals surface area contributed by atoms with Gasteiger partial charge in [0.1, 0.15) is 0 Å². The standard InChI is InChI=1S/C27H35N3O6S3/c31-37(32,22-25-12-4-1-5-13-25)28-18-10-20-30(39(35,36)24-27-16-8-3-9-17-27)21-11-19-29-38(33,34)23-26-14-6-2-7-15-26/h1-9,12-17,28-29H,10-11,18-24H2. The fourth-order valence-electron chi connectivity index (χ4n) is 3.92. The molecule has 0 radical (unpaired) electrons. The first-order valence-electron chi connectivity index (χ1n) is 12.6. The van der Waals surface area contributed by atoms with Gasteiger partial charge in [0.2, 0.25) is 30.1 Å². The highest BCUT2D eigenvalue weighted by atomic mass is 32.2. The van der Waals surface area contributed by atoms with Gasteiger partial charge in [0.05, 0.1) is 17.3 Å². The lowest BCUT2D eigenvalue weighted by Crippen LogP contribution is -2.37. The molecule has 39 heavy (non-hydrogen) atoms. The van der Waals surface area contributed by atoms with Crippen molar-refractivity contribution in [2.45, 2.75) is 30.1 Å². The van der Waals surface area contributed by atoms with Crippen molar-refractivity contribution >= 4 is 30.1 Å². The maximum Gasteiger partial charge on any atom is 0.218 e. The first kappa shape index (κ1) is 30.9. The summed E-state index contributed by atoms with van der Waals surface area (Å²) in [6.45, 7) is 0.353. The van der Waals surface area contributed by atoms with Gasteiger partial charge in [0.15, 0.2) is 0 Å². The van der Waals surface area contributed by atoms with Crippen molar-refractivity contribution in [1.29, 1.82) is 0 Å². The summed E-state index contributed by atoms with van der Waals surface area (Å²) >= 11 is 0. The number of rotatable bonds is 17. The van der Waals surface area contributed by atoms with E-state index in [0.717, 1.165) is 0 Å². The van der Waals surface area contributed by atoms with E-state index >= 15 is 0 Å². The predicted molar refractivity (Wildman–Crippen MR) is 154 cm³/mol. The second kappa shape index (κ2) is 14.7. The van der Waals surface area contributed by atoms with Gasteiger partial charge in [-0.1, -0.05) is 91.0 Å². The molecule has 0 aliphatic heterocycles. The summed E-state index contributed by atoms with van der Waals surface area (Å²) in [5.74, 6) is -0.521. The Balaban J connectivity index is 1.55. The maximum absolute atomic E-state index is 13.2. The van der Waals surface area contributed by atoms with Gasteiger partial charge >= 0.3 is 0 Å². The van der Waals surface area contributed by atoms with E-state index in [-0.39, 0.29) is 56.3 Å². The first-order chi connectivity index (χ1) is 18.5. The van der Waals surface area contributed by atoms with E-state index < -0.39 is 30.1 Å². The molecule has 9 nitrogen and oxygen atoms in total. The van der Waals surface area contributed by atoms with Gasteiger partial charge in [-0.15, -0.1) is 0 Å². The highest BCUT2D eigenvalue weighted by molar-refractivity contribution is 7.89. The van der Waals surface area contributed by atoms with Crippen molar-refractivity contribution in [2.75, 3.05) is 26.2 Å². The van der Waals surface area contributed by atoms with Crippen molar-refractivity contribution in [1.82, 2.24) is 13.7 Å². The zero-order valence-electron chi connectivity index (χ0n) is 21.6. The van der Waals surface area contributed by atoms with Crippen molar-refractivity contribution in [2.24, 2.45) is 0 Å². The fraction of sp³-hybridized carbons (Fsp3) is 0.333. The van der Waals surface area contributed by atoms with E-state index in [1.165, 1.54) is 4.31 Å². The third-order valence-corrected chi connectivity index (χ3v) is 10.4. The predicted octanol–water partition coefficient (Wildman–Crippen LogP) is 2.84. The van der Waals surface area contributed by atoms with E-state index in [4.69, 9.17) is 0 Å². The summed E-state index contributed by atoms with van der Waals surface area (Å²) in [5, 5.41) is 0. The molecule has 0 aromatic heterocycles. The van der Waals surface area contributed by atoms with E-state index in [1.807, 2.05) is 12.1 Å². The summed E-state index contributed by atoms with van der Waals surface area (Å²) in [6.07, 6.45) is 0.531. The van der Waals surface area contributed by atoms with Crippen LogP contribution >= 0.6 is 0 Å². The molecule has 0 heterocycles. The average Bonchev–Trinajstić information content (AvgIpc) is 2.88. The topological polar surface area (TPSA) is 130 Å². The van der Waals surface area contributed by atoms with Crippen LogP contribution in [0.2, 0.25) is 0 Å². The summed E-state index contributed by atoms with van der Waals surface area (Å²) < 4.78 is 82.4. The van der Waals surface area contributed by atoms with Crippen LogP contribution in [0.5, 0.6) is 0 Å². The first-order valence-corrected chi connectivity index (χ1v) is 17.5. The molecule has 0 spiro atoms. The van der Waals surface area contributed by atoms with E-state index in [2.05, 4.69) is 9.44 Å². The minimum Gasteiger partial charge on any atom is -0.215 e. The molecular formula is C27H35N3O6S3. The summed E-state index contributed by atoms with van der Waals surface area (Å²) in [5.41, 5.74) is 1.95. The van der Waals surface area contributed by atoms with Gasteiger partial charge < -0.3 is 0 Å². The normalized spacial score (nSPS) is 12.5. The lowest BCUT2D eigenvalue weighted by atomic mass is 10.2. The minimum atomic E-state index is -3.73. The van der Waals surface area contributed by atoms with Crippen molar-refractivity contribution in [3.63, 3.8) is 0 Å². The van der Waals surface area contributed by atoms with Crippen LogP contribution in [-0.2, 0) is 47.3 Å². The Kier molecular flexibility index (Phi) is 11.6. The van der Waals surface area contributed by atoms with Crippen molar-refractivity contribution in [3.05, 3.63) is 108 Å². The van der Waals surface area contributed by atoms with Gasteiger partial charge in [0.25, 0.3) is 0 Å². The van der Waals surface area contributed by atoms with Gasteiger partial charge in [-0.25, -0.2) is 39.0 Å². The summed E-state index contributed by atoms with van der Waals surface area (Å²) in [7, 11) is -10.9. The Morgan fingerprint density at radius 2 is 0.821 bits per heavy atom. The average molecular weight is 594 g/mol. The fourth-order valence-corrected chi connectivity index (χ4v) is 7.91. The lowest BCUT2D eigenvalue weighted by Gasteiger charge is -2.22. The van der Waals surface area contributed by atoms with E-state index in [1.54, 1.807) is 78.9 Å². The number of sulfonamides is 3. The molecule has 0 aliphatic rings. The Morgan fingerprint density at radius 3 is 1.18 bits per heavy atom. The Morgan fingerprint density at radius 1 is 0.487 bits per heavy atom. The largest absolute Gasteiger partial charge is 0.218 e. The van der Waals surface area contributed by atoms with E-state index in [0.29, 0.717) is 16.7 Å². The monoisotopic (exact) mass is 593 g/mol. The number of nitrogens with one attached hydrogen (secondary N) is 2. The maximum atomic E-state index is 13.2. The highest BCUT2D eigenvalue weighted by Gasteiger charge is 2.23. The molecule has 3 rings (SSSR count). The second-order valence-corrected chi connectivity index (χ2v) is 14.7. The molecule has 3 aromatic carbocycles. The van der Waals surface area contributed by atoms with Crippen LogP contribution < -0.4 is 9.44 Å². The zero-order chi connectivity index (χ0) is 28.2. The van der Waals surface area contributed by atoms with Gasteiger partial charge in [-0.05, 0) is 29.5 Å². The summed E-state index contributed by atoms with van der Waals surface area (Å²) in [4.78, 5) is 0. The van der Waals surface area contributed by atoms with Gasteiger partial charge in [-0.2, -0.15) is 0 Å². The Labute approximate surface area is 232 Å². The molecule has 0 aliphatic carbocycles. The number of hydrogen-bond donors (Lipinski definition) is 2. The van der Waals surface area contributed by atoms with Crippen LogP contribution in [0, 0.1) is 0 Å². The van der Waals surface area contributed by atoms with Crippen LogP contribution in [0.4, 0.5) is 0 Å². The van der Waals surface area contributed by atoms with Crippen LogP contribution in [0.25, 0.3) is 0 Å². The molecule has 0 saturated heterocycles. The zero-order valence-corrected chi connectivity index (χ0v) is 24.1.